The van der Waals surface area contributed by atoms with Crippen LogP contribution in [0.4, 0.5) is 0 Å². The number of aliphatic hydroxyl groups is 1. The fourth-order valence-corrected chi connectivity index (χ4v) is 2.97. The van der Waals surface area contributed by atoms with Crippen molar-refractivity contribution in [3.63, 3.8) is 0 Å². The van der Waals surface area contributed by atoms with Crippen LogP contribution in [-0.4, -0.2) is 25.1 Å². The molecule has 0 radical (unpaired) electrons. The first-order chi connectivity index (χ1) is 7.44. The van der Waals surface area contributed by atoms with Gasteiger partial charge in [-0.3, -0.25) is 0 Å². The quantitative estimate of drug-likeness (QED) is 0.720. The van der Waals surface area contributed by atoms with E-state index in [-0.39, 0.29) is 11.1 Å². The molecule has 0 aliphatic heterocycles. The number of rotatable bonds is 6. The van der Waals surface area contributed by atoms with Gasteiger partial charge in [-0.05, 0) is 38.4 Å². The third-order valence-electron chi connectivity index (χ3n) is 4.19. The molecule has 0 aromatic carbocycles. The summed E-state index contributed by atoms with van der Waals surface area (Å²) in [6, 6.07) is 0. The Morgan fingerprint density at radius 2 is 1.65 bits per heavy atom. The van der Waals surface area contributed by atoms with Gasteiger partial charge >= 0.3 is 0 Å². The molecule has 0 amide bonds. The molecule has 104 valence electrons. The van der Waals surface area contributed by atoms with E-state index in [0.29, 0.717) is 0 Å². The third kappa shape index (κ3) is 5.10. The molecule has 0 saturated heterocycles. The summed E-state index contributed by atoms with van der Waals surface area (Å²) in [5, 5.41) is 10.6. The van der Waals surface area contributed by atoms with E-state index in [4.69, 9.17) is 4.43 Å². The van der Waals surface area contributed by atoms with Crippen LogP contribution in [0.25, 0.3) is 0 Å². The maximum absolute atomic E-state index is 10.4. The highest BCUT2D eigenvalue weighted by Gasteiger charge is 2.41. The SMILES string of the molecule is CCCC[C@@](C)(O)[C@H](C)O[Si](C)(C)C(C)(C)C. The zero-order valence-electron chi connectivity index (χ0n) is 13.1. The molecular weight excluding hydrogens is 228 g/mol. The van der Waals surface area contributed by atoms with E-state index < -0.39 is 13.9 Å². The maximum atomic E-state index is 10.4. The molecule has 17 heavy (non-hydrogen) atoms. The van der Waals surface area contributed by atoms with Gasteiger partial charge in [-0.25, -0.2) is 0 Å². The van der Waals surface area contributed by atoms with E-state index in [1.165, 1.54) is 0 Å². The molecule has 3 heteroatoms. The summed E-state index contributed by atoms with van der Waals surface area (Å²) in [6.45, 7) is 17.2. The Kier molecular flexibility index (Phi) is 5.90. The van der Waals surface area contributed by atoms with E-state index in [0.717, 1.165) is 19.3 Å². The van der Waals surface area contributed by atoms with Crippen LogP contribution in [0.2, 0.25) is 18.1 Å². The van der Waals surface area contributed by atoms with Crippen LogP contribution < -0.4 is 0 Å². The standard InChI is InChI=1S/C14H32O2Si/c1-9-10-11-14(6,15)12(2)16-17(7,8)13(3,4)5/h12,15H,9-11H2,1-8H3/t12-,14+/m0/s1. The minimum absolute atomic E-state index is 0.0880. The van der Waals surface area contributed by atoms with Gasteiger partial charge in [0.1, 0.15) is 0 Å². The van der Waals surface area contributed by atoms with E-state index in [9.17, 15) is 5.11 Å². The Morgan fingerprint density at radius 1 is 1.18 bits per heavy atom. The van der Waals surface area contributed by atoms with Crippen LogP contribution in [0.15, 0.2) is 0 Å². The molecule has 0 spiro atoms. The molecular formula is C14H32O2Si. The van der Waals surface area contributed by atoms with Gasteiger partial charge in [-0.2, -0.15) is 0 Å². The second-order valence-corrected chi connectivity index (χ2v) is 11.7. The average molecular weight is 260 g/mol. The van der Waals surface area contributed by atoms with E-state index in [1.807, 2.05) is 13.8 Å². The third-order valence-corrected chi connectivity index (χ3v) is 8.75. The molecule has 0 heterocycles. The lowest BCUT2D eigenvalue weighted by molar-refractivity contribution is -0.0519. The summed E-state index contributed by atoms with van der Waals surface area (Å²) >= 11 is 0. The van der Waals surface area contributed by atoms with Gasteiger partial charge in [-0.15, -0.1) is 0 Å². The molecule has 0 fully saturated rings. The lowest BCUT2D eigenvalue weighted by Crippen LogP contribution is -2.50. The normalized spacial score (nSPS) is 18.9. The van der Waals surface area contributed by atoms with E-state index in [1.54, 1.807) is 0 Å². The van der Waals surface area contributed by atoms with Crippen molar-refractivity contribution < 1.29 is 9.53 Å². The Balaban J connectivity index is 4.57. The van der Waals surface area contributed by atoms with Gasteiger partial charge in [0.25, 0.3) is 0 Å². The number of hydrogen-bond acceptors (Lipinski definition) is 2. The number of unbranched alkanes of at least 4 members (excludes halogenated alkanes) is 1. The van der Waals surface area contributed by atoms with Crippen molar-refractivity contribution in [2.24, 2.45) is 0 Å². The zero-order valence-corrected chi connectivity index (χ0v) is 14.1. The lowest BCUT2D eigenvalue weighted by atomic mass is 9.94. The van der Waals surface area contributed by atoms with Crippen molar-refractivity contribution in [1.82, 2.24) is 0 Å². The molecule has 0 aliphatic rings. The highest BCUT2D eigenvalue weighted by atomic mass is 28.4. The van der Waals surface area contributed by atoms with Crippen LogP contribution in [0.5, 0.6) is 0 Å². The molecule has 0 aliphatic carbocycles. The van der Waals surface area contributed by atoms with Crippen molar-refractivity contribution in [3.8, 4) is 0 Å². The minimum atomic E-state index is -1.78. The first-order valence-electron chi connectivity index (χ1n) is 6.84. The Bertz CT molecular complexity index is 229. The summed E-state index contributed by atoms with van der Waals surface area (Å²) in [5.74, 6) is 0. The molecule has 0 saturated carbocycles. The van der Waals surface area contributed by atoms with Crippen molar-refractivity contribution in [2.75, 3.05) is 0 Å². The molecule has 2 atom stereocenters. The Hall–Kier alpha value is 0.137. The predicted molar refractivity (Wildman–Crippen MR) is 77.9 cm³/mol. The van der Waals surface area contributed by atoms with Crippen molar-refractivity contribution in [1.29, 1.82) is 0 Å². The van der Waals surface area contributed by atoms with Gasteiger partial charge < -0.3 is 9.53 Å². The van der Waals surface area contributed by atoms with Crippen molar-refractivity contribution >= 4 is 8.32 Å². The first-order valence-corrected chi connectivity index (χ1v) is 9.75. The molecule has 0 rings (SSSR count). The molecule has 1 N–H and O–H groups in total. The fourth-order valence-electron chi connectivity index (χ4n) is 1.48. The highest BCUT2D eigenvalue weighted by Crippen LogP contribution is 2.38. The van der Waals surface area contributed by atoms with Gasteiger partial charge in [0.2, 0.25) is 0 Å². The summed E-state index contributed by atoms with van der Waals surface area (Å²) in [4.78, 5) is 0. The molecule has 0 unspecified atom stereocenters. The summed E-state index contributed by atoms with van der Waals surface area (Å²) < 4.78 is 6.25. The first kappa shape index (κ1) is 17.1. The minimum Gasteiger partial charge on any atom is -0.411 e. The molecule has 2 nitrogen and oxygen atoms in total. The number of hydrogen-bond donors (Lipinski definition) is 1. The largest absolute Gasteiger partial charge is 0.411 e. The van der Waals surface area contributed by atoms with Crippen LogP contribution in [0.3, 0.4) is 0 Å². The summed E-state index contributed by atoms with van der Waals surface area (Å²) in [7, 11) is -1.78. The second kappa shape index (κ2) is 5.85. The Labute approximate surface area is 109 Å². The molecule has 0 aromatic heterocycles. The predicted octanol–water partition coefficient (Wildman–Crippen LogP) is 4.34. The van der Waals surface area contributed by atoms with Crippen molar-refractivity contribution in [2.45, 2.75) is 90.6 Å². The smallest absolute Gasteiger partial charge is 0.192 e. The zero-order chi connectivity index (χ0) is 13.9. The van der Waals surface area contributed by atoms with Crippen LogP contribution in [0.1, 0.15) is 60.8 Å². The van der Waals surface area contributed by atoms with Gasteiger partial charge in [0, 0.05) is 0 Å². The van der Waals surface area contributed by atoms with E-state index >= 15 is 0 Å². The Morgan fingerprint density at radius 3 is 2.00 bits per heavy atom. The highest BCUT2D eigenvalue weighted by molar-refractivity contribution is 6.74. The average Bonchev–Trinajstić information content (AvgIpc) is 2.12. The lowest BCUT2D eigenvalue weighted by Gasteiger charge is -2.42. The van der Waals surface area contributed by atoms with Crippen LogP contribution >= 0.6 is 0 Å². The van der Waals surface area contributed by atoms with Crippen LogP contribution in [-0.2, 0) is 4.43 Å². The fraction of sp³-hybridized carbons (Fsp3) is 1.00. The second-order valence-electron chi connectivity index (χ2n) is 6.98. The van der Waals surface area contributed by atoms with Crippen LogP contribution in [0, 0.1) is 0 Å². The van der Waals surface area contributed by atoms with Crippen molar-refractivity contribution in [3.05, 3.63) is 0 Å². The van der Waals surface area contributed by atoms with E-state index in [2.05, 4.69) is 40.8 Å². The maximum Gasteiger partial charge on any atom is 0.192 e. The monoisotopic (exact) mass is 260 g/mol. The van der Waals surface area contributed by atoms with Gasteiger partial charge in [0.15, 0.2) is 8.32 Å². The topological polar surface area (TPSA) is 29.5 Å². The summed E-state index contributed by atoms with van der Waals surface area (Å²) in [5.41, 5.74) is -0.703. The van der Waals surface area contributed by atoms with Gasteiger partial charge in [0.05, 0.1) is 11.7 Å². The van der Waals surface area contributed by atoms with Gasteiger partial charge in [-0.1, -0.05) is 40.5 Å². The summed E-state index contributed by atoms with van der Waals surface area (Å²) in [6.07, 6.45) is 2.90. The molecule has 0 bridgehead atoms. The molecule has 0 aromatic rings.